The lowest BCUT2D eigenvalue weighted by molar-refractivity contribution is -0.128. The second-order valence-electron chi connectivity index (χ2n) is 7.20. The van der Waals surface area contributed by atoms with E-state index in [0.717, 1.165) is 20.8 Å². The van der Waals surface area contributed by atoms with Crippen LogP contribution in [0.2, 0.25) is 5.02 Å². The Hall–Kier alpha value is -2.68. The molecule has 0 aliphatic rings. The second-order valence-corrected chi connectivity index (χ2v) is 9.64. The summed E-state index contributed by atoms with van der Waals surface area (Å²) < 4.78 is 3.07. The number of thioether (sulfide) groups is 1. The normalized spacial score (nSPS) is 12.1. The molecule has 0 aliphatic carbocycles. The number of carbonyl (C=O) groups excluding carboxylic acids is 1. The smallest absolute Gasteiger partial charge is 0.233 e. The predicted octanol–water partition coefficient (Wildman–Crippen LogP) is 5.71. The fourth-order valence-corrected chi connectivity index (χ4v) is 5.24. The minimum atomic E-state index is -0.115. The second kappa shape index (κ2) is 9.85. The average molecular weight is 484 g/mol. The van der Waals surface area contributed by atoms with Crippen molar-refractivity contribution >= 4 is 50.8 Å². The molecule has 0 saturated carbocycles. The van der Waals surface area contributed by atoms with Gasteiger partial charge < -0.3 is 4.90 Å². The van der Waals surface area contributed by atoms with Crippen molar-refractivity contribution in [3.8, 4) is 11.4 Å². The standard InChI is InChI=1S/C23H22ClN5OS2/c1-4-13-29-21(16-9-11-17(24)12-10-16)26-27-23(29)31-14-20(30)28(3)15(2)22-25-18-7-5-6-8-19(18)32-22/h4-12,15H,1,13-14H2,2-3H3/t15-/m0/s1. The van der Waals surface area contributed by atoms with Crippen LogP contribution in [0.1, 0.15) is 18.0 Å². The van der Waals surface area contributed by atoms with Crippen molar-refractivity contribution < 1.29 is 4.79 Å². The van der Waals surface area contributed by atoms with E-state index in [9.17, 15) is 4.79 Å². The van der Waals surface area contributed by atoms with Gasteiger partial charge in [-0.15, -0.1) is 28.1 Å². The van der Waals surface area contributed by atoms with Gasteiger partial charge in [-0.1, -0.05) is 41.6 Å². The number of para-hydroxylation sites is 1. The SMILES string of the molecule is C=CCn1c(SCC(=O)N(C)[C@@H](C)c2nc3ccccc3s2)nnc1-c1ccc(Cl)cc1. The van der Waals surface area contributed by atoms with Gasteiger partial charge in [0, 0.05) is 24.2 Å². The van der Waals surface area contributed by atoms with E-state index >= 15 is 0 Å². The van der Waals surface area contributed by atoms with Crippen LogP contribution in [-0.4, -0.2) is 43.4 Å². The van der Waals surface area contributed by atoms with Crippen molar-refractivity contribution in [2.45, 2.75) is 24.7 Å². The van der Waals surface area contributed by atoms with Crippen LogP contribution in [0.4, 0.5) is 0 Å². The molecule has 0 aliphatic heterocycles. The van der Waals surface area contributed by atoms with E-state index < -0.39 is 0 Å². The molecule has 2 aromatic carbocycles. The first-order chi connectivity index (χ1) is 15.5. The summed E-state index contributed by atoms with van der Waals surface area (Å²) in [6.45, 7) is 6.38. The quantitative estimate of drug-likeness (QED) is 0.237. The molecule has 0 radical (unpaired) electrons. The number of hydrogen-bond acceptors (Lipinski definition) is 6. The molecule has 164 valence electrons. The minimum Gasteiger partial charge on any atom is -0.336 e. The molecule has 2 heterocycles. The summed E-state index contributed by atoms with van der Waals surface area (Å²) in [6, 6.07) is 15.3. The van der Waals surface area contributed by atoms with Crippen molar-refractivity contribution in [3.63, 3.8) is 0 Å². The summed E-state index contributed by atoms with van der Waals surface area (Å²) in [5, 5.41) is 10.9. The van der Waals surface area contributed by atoms with E-state index in [1.807, 2.05) is 67.1 Å². The van der Waals surface area contributed by atoms with E-state index in [1.165, 1.54) is 11.8 Å². The first kappa shape index (κ1) is 22.5. The van der Waals surface area contributed by atoms with Crippen molar-refractivity contribution in [1.82, 2.24) is 24.6 Å². The highest BCUT2D eigenvalue weighted by atomic mass is 35.5. The zero-order valence-electron chi connectivity index (χ0n) is 17.7. The zero-order chi connectivity index (χ0) is 22.7. The minimum absolute atomic E-state index is 0.00273. The molecule has 0 saturated heterocycles. The first-order valence-electron chi connectivity index (χ1n) is 10.0. The number of allylic oxidation sites excluding steroid dienone is 1. The third kappa shape index (κ3) is 4.72. The fraction of sp³-hybridized carbons (Fsp3) is 0.217. The van der Waals surface area contributed by atoms with Gasteiger partial charge in [-0.05, 0) is 43.3 Å². The largest absolute Gasteiger partial charge is 0.336 e. The van der Waals surface area contributed by atoms with Crippen molar-refractivity contribution in [1.29, 1.82) is 0 Å². The van der Waals surface area contributed by atoms with Gasteiger partial charge in [0.1, 0.15) is 5.01 Å². The van der Waals surface area contributed by atoms with Gasteiger partial charge in [0.05, 0.1) is 22.0 Å². The van der Waals surface area contributed by atoms with Crippen molar-refractivity contribution in [2.24, 2.45) is 0 Å². The molecular formula is C23H22ClN5OS2. The van der Waals surface area contributed by atoms with E-state index in [0.29, 0.717) is 22.5 Å². The number of amides is 1. The number of benzene rings is 2. The maximum atomic E-state index is 12.9. The lowest BCUT2D eigenvalue weighted by Crippen LogP contribution is -2.31. The summed E-state index contributed by atoms with van der Waals surface area (Å²) in [6.07, 6.45) is 1.79. The first-order valence-corrected chi connectivity index (χ1v) is 12.2. The monoisotopic (exact) mass is 483 g/mol. The molecule has 4 rings (SSSR count). The Balaban J connectivity index is 1.47. The third-order valence-corrected chi connectivity index (χ3v) is 7.51. The summed E-state index contributed by atoms with van der Waals surface area (Å²) in [4.78, 5) is 19.3. The van der Waals surface area contributed by atoms with Gasteiger partial charge in [-0.25, -0.2) is 4.98 Å². The Morgan fingerprint density at radius 3 is 2.72 bits per heavy atom. The molecule has 9 heteroatoms. The Morgan fingerprint density at radius 1 is 1.25 bits per heavy atom. The molecule has 4 aromatic rings. The molecule has 6 nitrogen and oxygen atoms in total. The Bertz CT molecular complexity index is 1220. The number of hydrogen-bond donors (Lipinski definition) is 0. The molecule has 0 N–H and O–H groups in total. The van der Waals surface area contributed by atoms with Gasteiger partial charge in [0.2, 0.25) is 5.91 Å². The van der Waals surface area contributed by atoms with Crippen LogP contribution in [-0.2, 0) is 11.3 Å². The lowest BCUT2D eigenvalue weighted by atomic mass is 10.2. The van der Waals surface area contributed by atoms with Gasteiger partial charge in [0.15, 0.2) is 11.0 Å². The average Bonchev–Trinajstić information content (AvgIpc) is 3.41. The topological polar surface area (TPSA) is 63.9 Å². The molecule has 0 spiro atoms. The van der Waals surface area contributed by atoms with Gasteiger partial charge in [-0.3, -0.25) is 9.36 Å². The van der Waals surface area contributed by atoms with Crippen LogP contribution < -0.4 is 0 Å². The number of thiazole rings is 1. The molecule has 2 aromatic heterocycles. The van der Waals surface area contributed by atoms with E-state index in [-0.39, 0.29) is 17.7 Å². The number of fused-ring (bicyclic) bond motifs is 1. The highest BCUT2D eigenvalue weighted by Crippen LogP contribution is 2.30. The van der Waals surface area contributed by atoms with Crippen LogP contribution in [0.5, 0.6) is 0 Å². The van der Waals surface area contributed by atoms with E-state index in [1.54, 1.807) is 22.3 Å². The summed E-state index contributed by atoms with van der Waals surface area (Å²) in [5.74, 6) is 0.970. The lowest BCUT2D eigenvalue weighted by Gasteiger charge is -2.23. The fourth-order valence-electron chi connectivity index (χ4n) is 3.18. The summed E-state index contributed by atoms with van der Waals surface area (Å²) in [7, 11) is 1.81. The zero-order valence-corrected chi connectivity index (χ0v) is 20.1. The molecule has 0 bridgehead atoms. The number of aromatic nitrogens is 4. The number of halogens is 1. The maximum Gasteiger partial charge on any atom is 0.233 e. The molecule has 32 heavy (non-hydrogen) atoms. The number of nitrogens with zero attached hydrogens (tertiary/aromatic N) is 5. The van der Waals surface area contributed by atoms with Crippen molar-refractivity contribution in [3.05, 3.63) is 71.2 Å². The Morgan fingerprint density at radius 2 is 2.00 bits per heavy atom. The number of rotatable bonds is 8. The number of carbonyl (C=O) groups is 1. The summed E-state index contributed by atoms with van der Waals surface area (Å²) >= 11 is 8.99. The highest BCUT2D eigenvalue weighted by Gasteiger charge is 2.22. The molecule has 0 unspecified atom stereocenters. The van der Waals surface area contributed by atoms with E-state index in [4.69, 9.17) is 11.6 Å². The van der Waals surface area contributed by atoms with Crippen LogP contribution in [0.3, 0.4) is 0 Å². The van der Waals surface area contributed by atoms with Gasteiger partial charge >= 0.3 is 0 Å². The third-order valence-electron chi connectivity index (χ3n) is 5.10. The van der Waals surface area contributed by atoms with Crippen molar-refractivity contribution in [2.75, 3.05) is 12.8 Å². The van der Waals surface area contributed by atoms with E-state index in [2.05, 4.69) is 21.8 Å². The van der Waals surface area contributed by atoms with Gasteiger partial charge in [-0.2, -0.15) is 0 Å². The molecular weight excluding hydrogens is 462 g/mol. The molecule has 1 atom stereocenters. The van der Waals surface area contributed by atoms with Crippen LogP contribution in [0.15, 0.2) is 66.3 Å². The predicted molar refractivity (Wildman–Crippen MR) is 132 cm³/mol. The van der Waals surface area contributed by atoms with Crippen LogP contribution in [0, 0.1) is 0 Å². The van der Waals surface area contributed by atoms with Crippen LogP contribution in [0.25, 0.3) is 21.6 Å². The summed E-state index contributed by atoms with van der Waals surface area (Å²) in [5.41, 5.74) is 1.87. The Kier molecular flexibility index (Phi) is 6.93. The van der Waals surface area contributed by atoms with Gasteiger partial charge in [0.25, 0.3) is 0 Å². The Labute approximate surface area is 199 Å². The van der Waals surface area contributed by atoms with Crippen LogP contribution >= 0.6 is 34.7 Å². The molecule has 0 fully saturated rings. The molecule has 1 amide bonds. The highest BCUT2D eigenvalue weighted by molar-refractivity contribution is 7.99. The maximum absolute atomic E-state index is 12.9.